The first kappa shape index (κ1) is 12.1. The first-order valence-corrected chi connectivity index (χ1v) is 6.92. The lowest BCUT2D eigenvalue weighted by Gasteiger charge is -2.22. The van der Waals surface area contributed by atoms with Crippen LogP contribution < -0.4 is 5.01 Å². The van der Waals surface area contributed by atoms with E-state index in [9.17, 15) is 4.79 Å². The highest BCUT2D eigenvalue weighted by Gasteiger charge is 2.25. The van der Waals surface area contributed by atoms with Crippen molar-refractivity contribution in [3.8, 4) is 0 Å². The lowest BCUT2D eigenvalue weighted by atomic mass is 10.1. The maximum atomic E-state index is 12.0. The van der Waals surface area contributed by atoms with E-state index in [-0.39, 0.29) is 5.91 Å². The van der Waals surface area contributed by atoms with Crippen molar-refractivity contribution in [2.45, 2.75) is 19.8 Å². The van der Waals surface area contributed by atoms with Gasteiger partial charge in [0.2, 0.25) is 5.91 Å². The van der Waals surface area contributed by atoms with Crippen LogP contribution in [0.25, 0.3) is 0 Å². The molecule has 1 aliphatic rings. The van der Waals surface area contributed by atoms with Gasteiger partial charge in [0.1, 0.15) is 0 Å². The van der Waals surface area contributed by atoms with Crippen LogP contribution in [0.5, 0.6) is 0 Å². The van der Waals surface area contributed by atoms with E-state index >= 15 is 0 Å². The smallest absolute Gasteiger partial charge is 0.249 e. The number of carbonyl (C=O) groups is 1. The summed E-state index contributed by atoms with van der Waals surface area (Å²) in [5.74, 6) is 0.719. The number of hydrogen-bond acceptors (Lipinski definition) is 4. The van der Waals surface area contributed by atoms with Crippen molar-refractivity contribution in [1.29, 1.82) is 0 Å². The average Bonchev–Trinajstić information content (AvgIpc) is 2.99. The summed E-state index contributed by atoms with van der Waals surface area (Å²) in [6, 6.07) is 5.94. The topological polar surface area (TPSA) is 50.5 Å². The van der Waals surface area contributed by atoms with E-state index in [0.29, 0.717) is 18.7 Å². The molecule has 2 aromatic rings. The minimum Gasteiger partial charge on any atom is -0.272 e. The zero-order valence-corrected chi connectivity index (χ0v) is 11.6. The molecule has 0 aliphatic carbocycles. The van der Waals surface area contributed by atoms with E-state index in [1.54, 1.807) is 28.3 Å². The van der Waals surface area contributed by atoms with Crippen molar-refractivity contribution in [1.82, 2.24) is 9.78 Å². The average molecular weight is 274 g/mol. The summed E-state index contributed by atoms with van der Waals surface area (Å²) >= 11 is 1.71. The predicted molar refractivity (Wildman–Crippen MR) is 75.5 cm³/mol. The summed E-state index contributed by atoms with van der Waals surface area (Å²) in [5.41, 5.74) is 0.971. The molecule has 2 aromatic heterocycles. The van der Waals surface area contributed by atoms with Crippen molar-refractivity contribution in [2.24, 2.45) is 12.1 Å². The summed E-state index contributed by atoms with van der Waals surface area (Å²) in [6.07, 6.45) is 2.86. The molecule has 0 saturated heterocycles. The van der Waals surface area contributed by atoms with Crippen LogP contribution in [0.2, 0.25) is 0 Å². The van der Waals surface area contributed by atoms with E-state index in [1.807, 2.05) is 7.05 Å². The highest BCUT2D eigenvalue weighted by atomic mass is 32.1. The normalized spacial score (nSPS) is 15.8. The maximum Gasteiger partial charge on any atom is 0.249 e. The number of hydrogen-bond donors (Lipinski definition) is 0. The second kappa shape index (κ2) is 4.62. The molecule has 3 heterocycles. The standard InChI is InChI=1S/C13H14N4OS/c1-9-3-5-11(19-9)10-4-6-13(18)17(15-10)12-7-8-14-16(12)2/h3,5,7-8H,4,6H2,1-2H3. The first-order valence-electron chi connectivity index (χ1n) is 6.10. The molecular formula is C13H14N4OS. The Morgan fingerprint density at radius 1 is 1.26 bits per heavy atom. The van der Waals surface area contributed by atoms with E-state index in [2.05, 4.69) is 29.3 Å². The molecule has 0 aromatic carbocycles. The number of amides is 1. The van der Waals surface area contributed by atoms with Gasteiger partial charge in [-0.1, -0.05) is 0 Å². The largest absolute Gasteiger partial charge is 0.272 e. The van der Waals surface area contributed by atoms with E-state index < -0.39 is 0 Å². The number of hydrazone groups is 1. The molecule has 0 radical (unpaired) electrons. The maximum absolute atomic E-state index is 12.0. The van der Waals surface area contributed by atoms with Crippen LogP contribution in [-0.2, 0) is 11.8 Å². The number of anilines is 1. The summed E-state index contributed by atoms with van der Waals surface area (Å²) in [6.45, 7) is 2.07. The highest BCUT2D eigenvalue weighted by molar-refractivity contribution is 7.14. The summed E-state index contributed by atoms with van der Waals surface area (Å²) in [4.78, 5) is 14.4. The van der Waals surface area contributed by atoms with E-state index in [4.69, 9.17) is 0 Å². The lowest BCUT2D eigenvalue weighted by Crippen LogP contribution is -2.33. The predicted octanol–water partition coefficient (Wildman–Crippen LogP) is 2.32. The zero-order valence-electron chi connectivity index (χ0n) is 10.8. The Morgan fingerprint density at radius 3 is 2.74 bits per heavy atom. The molecule has 0 unspecified atom stereocenters. The Balaban J connectivity index is 1.99. The van der Waals surface area contributed by atoms with Crippen molar-refractivity contribution >= 4 is 28.8 Å². The quantitative estimate of drug-likeness (QED) is 0.844. The van der Waals surface area contributed by atoms with Gasteiger partial charge >= 0.3 is 0 Å². The molecule has 0 saturated carbocycles. The van der Waals surface area contributed by atoms with E-state index in [0.717, 1.165) is 10.6 Å². The molecule has 0 N–H and O–H groups in total. The third-order valence-corrected chi connectivity index (χ3v) is 4.12. The Morgan fingerprint density at radius 2 is 2.11 bits per heavy atom. The Kier molecular flexibility index (Phi) is 2.94. The molecule has 1 aliphatic heterocycles. The fourth-order valence-electron chi connectivity index (χ4n) is 2.07. The monoisotopic (exact) mass is 274 g/mol. The van der Waals surface area contributed by atoms with E-state index in [1.165, 1.54) is 9.89 Å². The Bertz CT molecular complexity index is 655. The first-order chi connectivity index (χ1) is 9.15. The second-order valence-corrected chi connectivity index (χ2v) is 5.76. The third kappa shape index (κ3) is 2.19. The van der Waals surface area contributed by atoms with Crippen LogP contribution in [0.1, 0.15) is 22.6 Å². The summed E-state index contributed by atoms with van der Waals surface area (Å²) in [5, 5.41) is 10.0. The van der Waals surface area contributed by atoms with Gasteiger partial charge in [0.15, 0.2) is 5.82 Å². The lowest BCUT2D eigenvalue weighted by molar-refractivity contribution is -0.118. The molecular weight excluding hydrogens is 260 g/mol. The molecule has 0 atom stereocenters. The van der Waals surface area contributed by atoms with Crippen molar-refractivity contribution in [3.05, 3.63) is 34.2 Å². The van der Waals surface area contributed by atoms with Crippen LogP contribution >= 0.6 is 11.3 Å². The second-order valence-electron chi connectivity index (χ2n) is 4.48. The molecule has 1 amide bonds. The summed E-state index contributed by atoms with van der Waals surface area (Å²) < 4.78 is 1.66. The fourth-order valence-corrected chi connectivity index (χ4v) is 2.95. The molecule has 5 nitrogen and oxygen atoms in total. The highest BCUT2D eigenvalue weighted by Crippen LogP contribution is 2.24. The number of rotatable bonds is 2. The Hall–Kier alpha value is -1.95. The van der Waals surface area contributed by atoms with Gasteiger partial charge in [0.25, 0.3) is 0 Å². The minimum absolute atomic E-state index is 0.0145. The molecule has 98 valence electrons. The van der Waals surface area contributed by atoms with Gasteiger partial charge in [-0.05, 0) is 19.1 Å². The van der Waals surface area contributed by atoms with Gasteiger partial charge in [0, 0.05) is 30.8 Å². The van der Waals surface area contributed by atoms with Crippen LogP contribution in [-0.4, -0.2) is 21.4 Å². The van der Waals surface area contributed by atoms with Gasteiger partial charge < -0.3 is 0 Å². The molecule has 3 rings (SSSR count). The fraction of sp³-hybridized carbons (Fsp3) is 0.308. The van der Waals surface area contributed by atoms with Gasteiger partial charge in [-0.2, -0.15) is 15.2 Å². The van der Waals surface area contributed by atoms with Crippen LogP contribution in [0.15, 0.2) is 29.5 Å². The number of thiophene rings is 1. The van der Waals surface area contributed by atoms with Gasteiger partial charge in [-0.25, -0.2) is 0 Å². The van der Waals surface area contributed by atoms with Crippen LogP contribution in [0.4, 0.5) is 5.82 Å². The van der Waals surface area contributed by atoms with Crippen molar-refractivity contribution in [3.63, 3.8) is 0 Å². The summed E-state index contributed by atoms with van der Waals surface area (Å²) in [7, 11) is 1.81. The number of aromatic nitrogens is 2. The molecule has 0 bridgehead atoms. The van der Waals surface area contributed by atoms with Crippen molar-refractivity contribution < 1.29 is 4.79 Å². The Labute approximate surface area is 115 Å². The van der Waals surface area contributed by atoms with Crippen LogP contribution in [0, 0.1) is 6.92 Å². The third-order valence-electron chi connectivity index (χ3n) is 3.07. The van der Waals surface area contributed by atoms with Crippen molar-refractivity contribution in [2.75, 3.05) is 5.01 Å². The number of aryl methyl sites for hydroxylation is 2. The molecule has 0 fully saturated rings. The van der Waals surface area contributed by atoms with Gasteiger partial charge in [0.05, 0.1) is 16.8 Å². The zero-order chi connectivity index (χ0) is 13.4. The molecule has 0 spiro atoms. The molecule has 19 heavy (non-hydrogen) atoms. The SMILES string of the molecule is Cc1ccc(C2=NN(c3ccnn3C)C(=O)CC2)s1. The number of carbonyl (C=O) groups excluding carboxylic acids is 1. The van der Waals surface area contributed by atoms with Gasteiger partial charge in [-0.3, -0.25) is 9.48 Å². The van der Waals surface area contributed by atoms with Crippen LogP contribution in [0.3, 0.4) is 0 Å². The number of nitrogens with zero attached hydrogens (tertiary/aromatic N) is 4. The van der Waals surface area contributed by atoms with Gasteiger partial charge in [-0.15, -0.1) is 11.3 Å². The minimum atomic E-state index is 0.0145. The molecule has 6 heteroatoms.